The lowest BCUT2D eigenvalue weighted by Crippen LogP contribution is -2.62. The summed E-state index contributed by atoms with van der Waals surface area (Å²) < 4.78 is 13.9. The van der Waals surface area contributed by atoms with E-state index < -0.39 is 5.60 Å². The molecule has 180 valence electrons. The van der Waals surface area contributed by atoms with Crippen LogP contribution in [0, 0.1) is 28.6 Å². The first-order valence-electron chi connectivity index (χ1n) is 13.3. The van der Waals surface area contributed by atoms with Crippen molar-refractivity contribution in [2.24, 2.45) is 28.6 Å². The molecule has 0 bridgehead atoms. The number of fused-ring (bicyclic) bond motifs is 5. The second kappa shape index (κ2) is 7.98. The van der Waals surface area contributed by atoms with Crippen LogP contribution in [0.2, 0.25) is 0 Å². The van der Waals surface area contributed by atoms with Crippen molar-refractivity contribution in [1.29, 1.82) is 0 Å². The van der Waals surface area contributed by atoms with E-state index in [0.717, 1.165) is 44.8 Å². The monoisotopic (exact) mass is 452 g/mol. The second-order valence-electron chi connectivity index (χ2n) is 12.1. The summed E-state index contributed by atoms with van der Waals surface area (Å²) in [4.78, 5) is 4.12. The Morgan fingerprint density at radius 1 is 1.12 bits per heavy atom. The molecule has 5 heteroatoms. The molecule has 33 heavy (non-hydrogen) atoms. The highest BCUT2D eigenvalue weighted by atomic mass is 16.5. The maximum absolute atomic E-state index is 12.3. The Morgan fingerprint density at radius 2 is 2.03 bits per heavy atom. The van der Waals surface area contributed by atoms with E-state index in [1.807, 2.05) is 25.0 Å². The third-order valence-electron chi connectivity index (χ3n) is 11.0. The molecule has 4 aliphatic rings. The largest absolute Gasteiger partial charge is 0.472 e. The number of hydrogen-bond donors (Lipinski definition) is 1. The van der Waals surface area contributed by atoms with E-state index in [2.05, 4.69) is 29.5 Å². The highest BCUT2D eigenvalue weighted by Gasteiger charge is 2.67. The summed E-state index contributed by atoms with van der Waals surface area (Å²) in [6.45, 7) is 6.59. The summed E-state index contributed by atoms with van der Waals surface area (Å²) in [6.07, 6.45) is 20.2. The Bertz CT molecular complexity index is 943. The first-order valence-corrected chi connectivity index (χ1v) is 13.3. The highest BCUT2D eigenvalue weighted by molar-refractivity contribution is 5.26. The van der Waals surface area contributed by atoms with Crippen LogP contribution in [0.15, 0.2) is 41.7 Å². The van der Waals surface area contributed by atoms with Crippen LogP contribution >= 0.6 is 0 Å². The number of furan rings is 1. The zero-order chi connectivity index (χ0) is 22.7. The van der Waals surface area contributed by atoms with Crippen LogP contribution in [-0.2, 0) is 11.3 Å². The van der Waals surface area contributed by atoms with Crippen LogP contribution in [0.3, 0.4) is 0 Å². The third-order valence-corrected chi connectivity index (χ3v) is 11.0. The minimum absolute atomic E-state index is 0.0329. The van der Waals surface area contributed by atoms with Crippen LogP contribution in [0.25, 0.3) is 0 Å². The molecule has 2 heterocycles. The SMILES string of the molecule is C[C@]12CC[C@H](OCCn3ccnc3)C[C@H]1CC[C@@H]1[C@@H]2CC[C@]2(C)[C@@H](c3ccoc3)CC[C@]12O. The lowest BCUT2D eigenvalue weighted by molar-refractivity contribution is -0.207. The van der Waals surface area contributed by atoms with Crippen molar-refractivity contribution in [1.82, 2.24) is 9.55 Å². The molecule has 2 aromatic rings. The van der Waals surface area contributed by atoms with Crippen molar-refractivity contribution in [3.05, 3.63) is 42.9 Å². The number of rotatable bonds is 5. The maximum atomic E-state index is 12.3. The predicted molar refractivity (Wildman–Crippen MR) is 127 cm³/mol. The molecule has 2 aromatic heterocycles. The predicted octanol–water partition coefficient (Wildman–Crippen LogP) is 5.80. The van der Waals surface area contributed by atoms with Gasteiger partial charge in [-0.25, -0.2) is 4.98 Å². The molecule has 4 aliphatic carbocycles. The van der Waals surface area contributed by atoms with Gasteiger partial charge in [0.25, 0.3) is 0 Å². The number of aliphatic hydroxyl groups is 1. The van der Waals surface area contributed by atoms with Crippen LogP contribution < -0.4 is 0 Å². The van der Waals surface area contributed by atoms with Gasteiger partial charge in [0.1, 0.15) is 0 Å². The molecule has 4 fully saturated rings. The quantitative estimate of drug-likeness (QED) is 0.623. The summed E-state index contributed by atoms with van der Waals surface area (Å²) in [5, 5.41) is 12.3. The summed E-state index contributed by atoms with van der Waals surface area (Å²) in [5.41, 5.74) is 1.07. The summed E-state index contributed by atoms with van der Waals surface area (Å²) >= 11 is 0. The van der Waals surface area contributed by atoms with E-state index in [1.165, 1.54) is 37.7 Å². The number of ether oxygens (including phenoxy) is 1. The average Bonchev–Trinajstić information content (AvgIpc) is 3.55. The smallest absolute Gasteiger partial charge is 0.0946 e. The number of nitrogens with zero attached hydrogens (tertiary/aromatic N) is 2. The topological polar surface area (TPSA) is 60.4 Å². The van der Waals surface area contributed by atoms with Crippen molar-refractivity contribution in [3.63, 3.8) is 0 Å². The van der Waals surface area contributed by atoms with Gasteiger partial charge < -0.3 is 18.8 Å². The van der Waals surface area contributed by atoms with Gasteiger partial charge in [0, 0.05) is 24.4 Å². The molecule has 0 spiro atoms. The fraction of sp³-hybridized carbons (Fsp3) is 0.750. The first-order chi connectivity index (χ1) is 15.9. The Kier molecular flexibility index (Phi) is 5.30. The molecule has 0 aliphatic heterocycles. The molecule has 0 saturated heterocycles. The molecule has 1 N–H and O–H groups in total. The van der Waals surface area contributed by atoms with Crippen molar-refractivity contribution in [3.8, 4) is 0 Å². The fourth-order valence-electron chi connectivity index (χ4n) is 9.09. The van der Waals surface area contributed by atoms with Crippen LogP contribution in [0.1, 0.15) is 83.1 Å². The van der Waals surface area contributed by atoms with E-state index in [9.17, 15) is 5.11 Å². The van der Waals surface area contributed by atoms with E-state index in [4.69, 9.17) is 9.15 Å². The van der Waals surface area contributed by atoms with Gasteiger partial charge in [0.2, 0.25) is 0 Å². The van der Waals surface area contributed by atoms with Crippen molar-refractivity contribution >= 4 is 0 Å². The molecular weight excluding hydrogens is 412 g/mol. The van der Waals surface area contributed by atoms with Gasteiger partial charge in [-0.05, 0) is 98.5 Å². The van der Waals surface area contributed by atoms with Gasteiger partial charge in [-0.3, -0.25) is 0 Å². The third kappa shape index (κ3) is 3.29. The van der Waals surface area contributed by atoms with Gasteiger partial charge in [-0.15, -0.1) is 0 Å². The van der Waals surface area contributed by atoms with Crippen LogP contribution in [-0.4, -0.2) is 33.0 Å². The highest BCUT2D eigenvalue weighted by Crippen LogP contribution is 2.70. The van der Waals surface area contributed by atoms with E-state index in [0.29, 0.717) is 29.3 Å². The Balaban J connectivity index is 1.15. The molecule has 0 unspecified atom stereocenters. The minimum Gasteiger partial charge on any atom is -0.472 e. The summed E-state index contributed by atoms with van der Waals surface area (Å²) in [7, 11) is 0. The van der Waals surface area contributed by atoms with Crippen molar-refractivity contribution in [2.45, 2.75) is 95.8 Å². The van der Waals surface area contributed by atoms with Crippen molar-refractivity contribution < 1.29 is 14.3 Å². The lowest BCUT2D eigenvalue weighted by Gasteiger charge is -2.63. The van der Waals surface area contributed by atoms with Gasteiger partial charge in [-0.1, -0.05) is 13.8 Å². The van der Waals surface area contributed by atoms with E-state index >= 15 is 0 Å². The summed E-state index contributed by atoms with van der Waals surface area (Å²) in [5.74, 6) is 2.23. The molecule has 4 saturated carbocycles. The van der Waals surface area contributed by atoms with E-state index in [1.54, 1.807) is 6.26 Å². The van der Waals surface area contributed by atoms with Crippen LogP contribution in [0.4, 0.5) is 0 Å². The summed E-state index contributed by atoms with van der Waals surface area (Å²) in [6, 6.07) is 2.13. The van der Waals surface area contributed by atoms with Gasteiger partial charge in [0.05, 0.1) is 37.2 Å². The molecule has 6 rings (SSSR count). The molecule has 0 radical (unpaired) electrons. The van der Waals surface area contributed by atoms with Crippen LogP contribution in [0.5, 0.6) is 0 Å². The van der Waals surface area contributed by atoms with Gasteiger partial charge in [-0.2, -0.15) is 0 Å². The van der Waals surface area contributed by atoms with E-state index in [-0.39, 0.29) is 5.41 Å². The van der Waals surface area contributed by atoms with Crippen molar-refractivity contribution in [2.75, 3.05) is 6.61 Å². The molecular formula is C28H40N2O3. The Labute approximate surface area is 197 Å². The Morgan fingerprint density at radius 3 is 2.82 bits per heavy atom. The van der Waals surface area contributed by atoms with Gasteiger partial charge in [0.15, 0.2) is 0 Å². The Hall–Kier alpha value is -1.59. The molecule has 5 nitrogen and oxygen atoms in total. The average molecular weight is 453 g/mol. The zero-order valence-electron chi connectivity index (χ0n) is 20.3. The normalized spacial score (nSPS) is 44.8. The first kappa shape index (κ1) is 21.9. The molecule has 0 amide bonds. The number of aromatic nitrogens is 2. The molecule has 8 atom stereocenters. The number of hydrogen-bond acceptors (Lipinski definition) is 4. The second-order valence-corrected chi connectivity index (χ2v) is 12.1. The maximum Gasteiger partial charge on any atom is 0.0946 e. The molecule has 0 aromatic carbocycles. The lowest BCUT2D eigenvalue weighted by atomic mass is 9.43. The zero-order valence-corrected chi connectivity index (χ0v) is 20.3. The minimum atomic E-state index is -0.538. The fourth-order valence-corrected chi connectivity index (χ4v) is 9.09. The number of imidazole rings is 1. The van der Waals surface area contributed by atoms with Gasteiger partial charge >= 0.3 is 0 Å². The standard InChI is InChI=1S/C28H40N2O3/c1-26-9-5-22(33-16-14-30-13-12-29-19-30)17-21(26)3-4-25-24(26)6-10-27(2)23(7-11-28(25,27)31)20-8-15-32-18-20/h8,12-13,15,18-19,21-25,31H,3-7,9-11,14,16-17H2,1-2H3/t21-,22+,23-,24+,25-,26+,27-,28+/m1/s1.